The molecule has 0 unspecified atom stereocenters. The predicted octanol–water partition coefficient (Wildman–Crippen LogP) is 1.15. The minimum atomic E-state index is -0.999. The van der Waals surface area contributed by atoms with E-state index >= 15 is 0 Å². The van der Waals surface area contributed by atoms with Crippen LogP contribution in [0.4, 0.5) is 0 Å². The molecule has 0 saturated heterocycles. The average Bonchev–Trinajstić information content (AvgIpc) is 2.92. The number of aromatic nitrogens is 3. The second-order valence-electron chi connectivity index (χ2n) is 4.81. The Morgan fingerprint density at radius 2 is 2.21 bits per heavy atom. The summed E-state index contributed by atoms with van der Waals surface area (Å²) in [5, 5.41) is 13.2. The first-order valence-corrected chi connectivity index (χ1v) is 6.05. The number of nitrogens with zero attached hydrogens (tertiary/aromatic N) is 4. The van der Waals surface area contributed by atoms with Crippen LogP contribution in [0.1, 0.15) is 10.5 Å². The number of hydrogen-bond donors (Lipinski definition) is 1. The van der Waals surface area contributed by atoms with E-state index in [0.29, 0.717) is 6.54 Å². The van der Waals surface area contributed by atoms with E-state index in [1.165, 1.54) is 0 Å². The van der Waals surface area contributed by atoms with Gasteiger partial charge in [0.05, 0.1) is 12.2 Å². The molecule has 6 nitrogen and oxygen atoms in total. The summed E-state index contributed by atoms with van der Waals surface area (Å²) in [5.74, 6) is -0.999. The number of carbonyl (C=O) groups is 1. The van der Waals surface area contributed by atoms with Crippen molar-refractivity contribution in [1.29, 1.82) is 0 Å². The average molecular weight is 262 g/mol. The van der Waals surface area contributed by atoms with Crippen LogP contribution >= 0.6 is 0 Å². The highest BCUT2D eigenvalue weighted by Crippen LogP contribution is 2.21. The van der Waals surface area contributed by atoms with Gasteiger partial charge in [0.25, 0.3) is 0 Å². The molecule has 0 atom stereocenters. The highest BCUT2D eigenvalue weighted by atomic mass is 16.4. The number of aromatic carboxylic acids is 1. The molecule has 6 heteroatoms. The van der Waals surface area contributed by atoms with Crippen molar-refractivity contribution in [3.8, 4) is 11.3 Å². The molecule has 0 fully saturated rings. The molecular weight excluding hydrogens is 244 g/mol. The fourth-order valence-corrected chi connectivity index (χ4v) is 1.87. The Labute approximate surface area is 111 Å². The van der Waals surface area contributed by atoms with Crippen molar-refractivity contribution >= 4 is 5.97 Å². The Balaban J connectivity index is 2.36. The summed E-state index contributed by atoms with van der Waals surface area (Å²) in [6.45, 7) is 1.46. The monoisotopic (exact) mass is 262 g/mol. The van der Waals surface area contributed by atoms with Gasteiger partial charge in [-0.3, -0.25) is 4.68 Å². The fraction of sp³-hybridized carbons (Fsp3) is 0.385. The van der Waals surface area contributed by atoms with E-state index in [9.17, 15) is 4.79 Å². The molecule has 2 aromatic heterocycles. The molecule has 0 aromatic carbocycles. The summed E-state index contributed by atoms with van der Waals surface area (Å²) >= 11 is 0. The predicted molar refractivity (Wildman–Crippen MR) is 72.1 cm³/mol. The van der Waals surface area contributed by atoms with Crippen molar-refractivity contribution in [2.45, 2.75) is 6.54 Å². The molecular formula is C13H18N4O2. The largest absolute Gasteiger partial charge is 0.476 e. The molecule has 2 heterocycles. The Kier molecular flexibility index (Phi) is 3.71. The lowest BCUT2D eigenvalue weighted by Gasteiger charge is -2.11. The van der Waals surface area contributed by atoms with Crippen molar-refractivity contribution in [3.05, 3.63) is 30.2 Å². The summed E-state index contributed by atoms with van der Waals surface area (Å²) in [6.07, 6.45) is 3.88. The molecule has 0 radical (unpaired) electrons. The third kappa shape index (κ3) is 3.03. The molecule has 0 amide bonds. The maximum Gasteiger partial charge on any atom is 0.356 e. The lowest BCUT2D eigenvalue weighted by Crippen LogP contribution is -2.19. The van der Waals surface area contributed by atoms with Crippen molar-refractivity contribution < 1.29 is 9.90 Å². The molecule has 0 aliphatic heterocycles. The van der Waals surface area contributed by atoms with Gasteiger partial charge in [-0.25, -0.2) is 4.79 Å². The first kappa shape index (κ1) is 13.4. The number of hydrogen-bond acceptors (Lipinski definition) is 3. The smallest absolute Gasteiger partial charge is 0.356 e. The zero-order valence-electron chi connectivity index (χ0n) is 11.4. The van der Waals surface area contributed by atoms with Gasteiger partial charge in [-0.1, -0.05) is 0 Å². The van der Waals surface area contributed by atoms with Crippen LogP contribution in [-0.4, -0.2) is 51.0 Å². The van der Waals surface area contributed by atoms with E-state index in [1.807, 2.05) is 49.1 Å². The molecule has 1 N–H and O–H groups in total. The zero-order chi connectivity index (χ0) is 14.0. The lowest BCUT2D eigenvalue weighted by atomic mass is 10.2. The lowest BCUT2D eigenvalue weighted by molar-refractivity contribution is 0.0689. The number of aryl methyl sites for hydroxylation is 1. The molecule has 0 aliphatic carbocycles. The minimum absolute atomic E-state index is 0.0811. The third-order valence-corrected chi connectivity index (χ3v) is 2.89. The highest BCUT2D eigenvalue weighted by Gasteiger charge is 2.15. The van der Waals surface area contributed by atoms with Gasteiger partial charge in [0.15, 0.2) is 5.69 Å². The number of rotatable bonds is 5. The number of carboxylic acid groups (broad SMARTS) is 1. The Morgan fingerprint density at radius 3 is 2.74 bits per heavy atom. The molecule has 0 bridgehead atoms. The molecule has 2 rings (SSSR count). The number of likely N-dealkylation sites (N-methyl/N-ethyl adjacent to an activating group) is 1. The molecule has 102 valence electrons. The van der Waals surface area contributed by atoms with Crippen LogP contribution in [0.25, 0.3) is 11.3 Å². The van der Waals surface area contributed by atoms with E-state index in [-0.39, 0.29) is 5.69 Å². The molecule has 19 heavy (non-hydrogen) atoms. The van der Waals surface area contributed by atoms with E-state index in [4.69, 9.17) is 5.11 Å². The van der Waals surface area contributed by atoms with Crippen LogP contribution in [0.15, 0.2) is 24.5 Å². The van der Waals surface area contributed by atoms with Gasteiger partial charge < -0.3 is 14.6 Å². The minimum Gasteiger partial charge on any atom is -0.476 e. The second-order valence-corrected chi connectivity index (χ2v) is 4.81. The van der Waals surface area contributed by atoms with Gasteiger partial charge in [-0.05, 0) is 26.2 Å². The van der Waals surface area contributed by atoms with Crippen molar-refractivity contribution in [1.82, 2.24) is 19.2 Å². The Bertz CT molecular complexity index is 583. The van der Waals surface area contributed by atoms with Crippen molar-refractivity contribution in [2.24, 2.45) is 7.05 Å². The maximum atomic E-state index is 11.0. The van der Waals surface area contributed by atoms with E-state index in [1.54, 1.807) is 10.7 Å². The summed E-state index contributed by atoms with van der Waals surface area (Å²) in [4.78, 5) is 13.1. The Hall–Kier alpha value is -2.08. The maximum absolute atomic E-state index is 11.0. The van der Waals surface area contributed by atoms with Gasteiger partial charge in [0.2, 0.25) is 0 Å². The molecule has 0 saturated carbocycles. The van der Waals surface area contributed by atoms with Crippen LogP contribution in [0, 0.1) is 0 Å². The first-order valence-electron chi connectivity index (χ1n) is 6.05. The molecule has 0 aliphatic rings. The third-order valence-electron chi connectivity index (χ3n) is 2.89. The molecule has 0 spiro atoms. The van der Waals surface area contributed by atoms with Gasteiger partial charge in [0.1, 0.15) is 0 Å². The van der Waals surface area contributed by atoms with Gasteiger partial charge in [-0.15, -0.1) is 0 Å². The standard InChI is InChI=1S/C13H18N4O2/c1-15(2)6-7-17-12(8-11(14-17)13(18)19)10-4-5-16(3)9-10/h4-5,8-9H,6-7H2,1-3H3,(H,18,19). The highest BCUT2D eigenvalue weighted by molar-refractivity contribution is 5.86. The fourth-order valence-electron chi connectivity index (χ4n) is 1.87. The summed E-state index contributed by atoms with van der Waals surface area (Å²) < 4.78 is 3.68. The number of carboxylic acids is 1. The summed E-state index contributed by atoms with van der Waals surface area (Å²) in [6, 6.07) is 3.57. The normalized spacial score (nSPS) is 11.2. The quantitative estimate of drug-likeness (QED) is 0.878. The van der Waals surface area contributed by atoms with Gasteiger partial charge in [-0.2, -0.15) is 5.10 Å². The van der Waals surface area contributed by atoms with Crippen molar-refractivity contribution in [2.75, 3.05) is 20.6 Å². The first-order chi connectivity index (χ1) is 8.97. The van der Waals surface area contributed by atoms with Crippen LogP contribution in [-0.2, 0) is 13.6 Å². The van der Waals surface area contributed by atoms with E-state index in [0.717, 1.165) is 17.8 Å². The zero-order valence-corrected chi connectivity index (χ0v) is 11.4. The van der Waals surface area contributed by atoms with E-state index < -0.39 is 5.97 Å². The SMILES string of the molecule is CN(C)CCn1nc(C(=O)O)cc1-c1ccn(C)c1. The van der Waals surface area contributed by atoms with Crippen LogP contribution < -0.4 is 0 Å². The Morgan fingerprint density at radius 1 is 1.47 bits per heavy atom. The van der Waals surface area contributed by atoms with Crippen molar-refractivity contribution in [3.63, 3.8) is 0 Å². The molecule has 2 aromatic rings. The summed E-state index contributed by atoms with van der Waals surface area (Å²) in [5.41, 5.74) is 1.89. The second kappa shape index (κ2) is 5.27. The van der Waals surface area contributed by atoms with Gasteiger partial charge in [0, 0.05) is 31.5 Å². The van der Waals surface area contributed by atoms with Gasteiger partial charge >= 0.3 is 5.97 Å². The van der Waals surface area contributed by atoms with E-state index in [2.05, 4.69) is 5.10 Å². The topological polar surface area (TPSA) is 63.3 Å². The van der Waals surface area contributed by atoms with Crippen LogP contribution in [0.2, 0.25) is 0 Å². The van der Waals surface area contributed by atoms with Crippen LogP contribution in [0.5, 0.6) is 0 Å². The summed E-state index contributed by atoms with van der Waals surface area (Å²) in [7, 11) is 5.88. The van der Waals surface area contributed by atoms with Crippen LogP contribution in [0.3, 0.4) is 0 Å².